The number of thioether (sulfide) groups is 1. The van der Waals surface area contributed by atoms with Gasteiger partial charge in [0.1, 0.15) is 5.03 Å². The summed E-state index contributed by atoms with van der Waals surface area (Å²) in [5, 5.41) is 3.65. The molecule has 0 spiro atoms. The second kappa shape index (κ2) is 6.09. The van der Waals surface area contributed by atoms with E-state index in [0.29, 0.717) is 5.56 Å². The Balaban J connectivity index is 2.22. The maximum Gasteiger partial charge on any atom is 0.258 e. The Kier molecular flexibility index (Phi) is 4.45. The quantitative estimate of drug-likeness (QED) is 0.859. The molecule has 1 aromatic carbocycles. The summed E-state index contributed by atoms with van der Waals surface area (Å²) in [6, 6.07) is 13.0. The zero-order valence-corrected chi connectivity index (χ0v) is 12.7. The third-order valence-corrected chi connectivity index (χ3v) is 3.58. The number of benzene rings is 1. The van der Waals surface area contributed by atoms with Crippen LogP contribution in [-0.4, -0.2) is 15.6 Å². The SMILES string of the molecule is CC(C)(C)Sc1ncccc1C(=O)Nc1ccccc1. The number of carbonyl (C=O) groups is 1. The van der Waals surface area contributed by atoms with Gasteiger partial charge in [0.15, 0.2) is 0 Å². The number of aromatic nitrogens is 1. The van der Waals surface area contributed by atoms with Crippen LogP contribution in [0, 0.1) is 0 Å². The number of rotatable bonds is 3. The van der Waals surface area contributed by atoms with Crippen molar-refractivity contribution in [3.63, 3.8) is 0 Å². The first-order valence-corrected chi connectivity index (χ1v) is 7.28. The Morgan fingerprint density at radius 1 is 1.10 bits per heavy atom. The molecule has 0 fully saturated rings. The van der Waals surface area contributed by atoms with E-state index in [1.165, 1.54) is 0 Å². The number of amides is 1. The van der Waals surface area contributed by atoms with Crippen LogP contribution in [0.5, 0.6) is 0 Å². The molecule has 1 aromatic heterocycles. The molecule has 2 rings (SSSR count). The minimum Gasteiger partial charge on any atom is -0.322 e. The second-order valence-electron chi connectivity index (χ2n) is 5.39. The molecule has 0 atom stereocenters. The van der Waals surface area contributed by atoms with Gasteiger partial charge >= 0.3 is 0 Å². The fraction of sp³-hybridized carbons (Fsp3) is 0.250. The molecule has 0 aliphatic heterocycles. The molecule has 0 bridgehead atoms. The molecule has 0 aliphatic rings. The largest absolute Gasteiger partial charge is 0.322 e. The van der Waals surface area contributed by atoms with Crippen LogP contribution in [0.15, 0.2) is 53.7 Å². The number of pyridine rings is 1. The second-order valence-corrected chi connectivity index (χ2v) is 7.21. The number of para-hydroxylation sites is 1. The van der Waals surface area contributed by atoms with Gasteiger partial charge in [-0.05, 0) is 24.3 Å². The molecule has 0 saturated carbocycles. The molecule has 104 valence electrons. The summed E-state index contributed by atoms with van der Waals surface area (Å²) in [6.45, 7) is 6.31. The molecule has 0 saturated heterocycles. The van der Waals surface area contributed by atoms with Gasteiger partial charge in [0, 0.05) is 16.6 Å². The zero-order valence-electron chi connectivity index (χ0n) is 11.9. The van der Waals surface area contributed by atoms with Crippen molar-refractivity contribution in [1.82, 2.24) is 4.98 Å². The van der Waals surface area contributed by atoms with Gasteiger partial charge in [-0.1, -0.05) is 50.7 Å². The maximum absolute atomic E-state index is 12.4. The number of anilines is 1. The van der Waals surface area contributed by atoms with E-state index in [1.807, 2.05) is 30.3 Å². The van der Waals surface area contributed by atoms with Crippen molar-refractivity contribution in [2.24, 2.45) is 0 Å². The number of carbonyl (C=O) groups excluding carboxylic acids is 1. The van der Waals surface area contributed by atoms with Crippen molar-refractivity contribution in [1.29, 1.82) is 0 Å². The van der Waals surface area contributed by atoms with Crippen molar-refractivity contribution in [3.05, 3.63) is 54.2 Å². The first kappa shape index (κ1) is 14.6. The highest BCUT2D eigenvalue weighted by molar-refractivity contribution is 8.00. The predicted octanol–water partition coefficient (Wildman–Crippen LogP) is 4.22. The molecule has 1 heterocycles. The Morgan fingerprint density at radius 3 is 2.45 bits per heavy atom. The zero-order chi connectivity index (χ0) is 14.6. The van der Waals surface area contributed by atoms with E-state index in [0.717, 1.165) is 10.7 Å². The number of hydrogen-bond donors (Lipinski definition) is 1. The van der Waals surface area contributed by atoms with Crippen molar-refractivity contribution < 1.29 is 4.79 Å². The molecule has 3 nitrogen and oxygen atoms in total. The molecule has 1 N–H and O–H groups in total. The van der Waals surface area contributed by atoms with Crippen LogP contribution < -0.4 is 5.32 Å². The monoisotopic (exact) mass is 286 g/mol. The van der Waals surface area contributed by atoms with E-state index in [2.05, 4.69) is 31.1 Å². The minimum absolute atomic E-state index is 0.0100. The Bertz CT molecular complexity index is 591. The van der Waals surface area contributed by atoms with Gasteiger partial charge in [0.05, 0.1) is 5.56 Å². The highest BCUT2D eigenvalue weighted by Gasteiger charge is 2.19. The van der Waals surface area contributed by atoms with Crippen LogP contribution in [0.4, 0.5) is 5.69 Å². The molecule has 0 aliphatic carbocycles. The van der Waals surface area contributed by atoms with E-state index >= 15 is 0 Å². The molecule has 0 radical (unpaired) electrons. The van der Waals surface area contributed by atoms with Crippen LogP contribution >= 0.6 is 11.8 Å². The lowest BCUT2D eigenvalue weighted by atomic mass is 10.2. The van der Waals surface area contributed by atoms with Gasteiger partial charge in [-0.3, -0.25) is 4.79 Å². The summed E-state index contributed by atoms with van der Waals surface area (Å²) >= 11 is 1.59. The van der Waals surface area contributed by atoms with Crippen molar-refractivity contribution in [2.45, 2.75) is 30.5 Å². The van der Waals surface area contributed by atoms with Crippen molar-refractivity contribution >= 4 is 23.4 Å². The molecular formula is C16H18N2OS. The van der Waals surface area contributed by atoms with Crippen molar-refractivity contribution in [2.75, 3.05) is 5.32 Å². The molecule has 4 heteroatoms. The summed E-state index contributed by atoms with van der Waals surface area (Å²) < 4.78 is 0.0100. The standard InChI is InChI=1S/C16H18N2OS/c1-16(2,3)20-15-13(10-7-11-17-15)14(19)18-12-8-5-4-6-9-12/h4-11H,1-3H3,(H,18,19). The van der Waals surface area contributed by atoms with E-state index in [4.69, 9.17) is 0 Å². The number of nitrogens with one attached hydrogen (secondary N) is 1. The number of hydrogen-bond acceptors (Lipinski definition) is 3. The van der Waals surface area contributed by atoms with Gasteiger partial charge in [-0.2, -0.15) is 0 Å². The van der Waals surface area contributed by atoms with Gasteiger partial charge in [0.2, 0.25) is 0 Å². The molecule has 0 unspecified atom stereocenters. The first-order valence-electron chi connectivity index (χ1n) is 6.46. The highest BCUT2D eigenvalue weighted by atomic mass is 32.2. The lowest BCUT2D eigenvalue weighted by molar-refractivity contribution is 0.102. The minimum atomic E-state index is -0.129. The van der Waals surface area contributed by atoms with Crippen LogP contribution in [0.1, 0.15) is 31.1 Å². The lowest BCUT2D eigenvalue weighted by Crippen LogP contribution is -2.15. The topological polar surface area (TPSA) is 42.0 Å². The Morgan fingerprint density at radius 2 is 1.80 bits per heavy atom. The van der Waals surface area contributed by atoms with Crippen LogP contribution in [-0.2, 0) is 0 Å². The van der Waals surface area contributed by atoms with Gasteiger partial charge in [0.25, 0.3) is 5.91 Å². The average molecular weight is 286 g/mol. The smallest absolute Gasteiger partial charge is 0.258 e. The van der Waals surface area contributed by atoms with Gasteiger partial charge in [-0.15, -0.1) is 0 Å². The fourth-order valence-corrected chi connectivity index (χ4v) is 2.62. The van der Waals surface area contributed by atoms with Gasteiger partial charge in [-0.25, -0.2) is 4.98 Å². The third-order valence-electron chi connectivity index (χ3n) is 2.45. The molecule has 20 heavy (non-hydrogen) atoms. The summed E-state index contributed by atoms with van der Waals surface area (Å²) in [6.07, 6.45) is 1.72. The fourth-order valence-electron chi connectivity index (χ4n) is 1.65. The molecular weight excluding hydrogens is 268 g/mol. The maximum atomic E-state index is 12.4. The average Bonchev–Trinajstić information content (AvgIpc) is 2.38. The van der Waals surface area contributed by atoms with E-state index < -0.39 is 0 Å². The van der Waals surface area contributed by atoms with E-state index in [9.17, 15) is 4.79 Å². The summed E-state index contributed by atoms with van der Waals surface area (Å²) in [7, 11) is 0. The normalized spacial score (nSPS) is 11.2. The Hall–Kier alpha value is -1.81. The predicted molar refractivity (Wildman–Crippen MR) is 84.2 cm³/mol. The van der Waals surface area contributed by atoms with Gasteiger partial charge < -0.3 is 5.32 Å². The van der Waals surface area contributed by atoms with Crippen molar-refractivity contribution in [3.8, 4) is 0 Å². The summed E-state index contributed by atoms with van der Waals surface area (Å²) in [5.41, 5.74) is 1.39. The third kappa shape index (κ3) is 4.10. The highest BCUT2D eigenvalue weighted by Crippen LogP contribution is 2.32. The van der Waals surface area contributed by atoms with E-state index in [1.54, 1.807) is 30.1 Å². The number of nitrogens with zero attached hydrogens (tertiary/aromatic N) is 1. The lowest BCUT2D eigenvalue weighted by Gasteiger charge is -2.18. The molecule has 2 aromatic rings. The first-order chi connectivity index (χ1) is 9.46. The Labute approximate surface area is 123 Å². The van der Waals surface area contributed by atoms with Crippen LogP contribution in [0.3, 0.4) is 0 Å². The summed E-state index contributed by atoms with van der Waals surface area (Å²) in [4.78, 5) is 16.7. The van der Waals surface area contributed by atoms with Crippen LogP contribution in [0.2, 0.25) is 0 Å². The van der Waals surface area contributed by atoms with Crippen LogP contribution in [0.25, 0.3) is 0 Å². The van der Waals surface area contributed by atoms with E-state index in [-0.39, 0.29) is 10.7 Å². The summed E-state index contributed by atoms with van der Waals surface area (Å²) in [5.74, 6) is -0.129. The molecule has 1 amide bonds.